The van der Waals surface area contributed by atoms with Crippen molar-refractivity contribution in [2.24, 2.45) is 0 Å². The van der Waals surface area contributed by atoms with Crippen LogP contribution in [-0.2, 0) is 6.61 Å². The molecule has 0 fully saturated rings. The van der Waals surface area contributed by atoms with E-state index in [0.29, 0.717) is 6.04 Å². The summed E-state index contributed by atoms with van der Waals surface area (Å²) in [6, 6.07) is 2.18. The minimum Gasteiger partial charge on any atom is -0.392 e. The van der Waals surface area contributed by atoms with Crippen molar-refractivity contribution in [3.05, 3.63) is 36.7 Å². The molecule has 0 bridgehead atoms. The van der Waals surface area contributed by atoms with Gasteiger partial charge in [-0.15, -0.1) is 6.58 Å². The number of hydrogen-bond donors (Lipinski definition) is 2. The molecular weight excluding hydrogens is 188 g/mol. The van der Waals surface area contributed by atoms with Crippen LogP contribution in [0.1, 0.15) is 25.3 Å². The van der Waals surface area contributed by atoms with Gasteiger partial charge in [-0.1, -0.05) is 6.08 Å². The Morgan fingerprint density at radius 3 is 3.13 bits per heavy atom. The van der Waals surface area contributed by atoms with Crippen molar-refractivity contribution in [2.75, 3.05) is 5.32 Å². The molecule has 82 valence electrons. The van der Waals surface area contributed by atoms with Gasteiger partial charge in [0, 0.05) is 17.8 Å². The molecule has 0 saturated heterocycles. The Morgan fingerprint density at radius 2 is 2.47 bits per heavy atom. The number of aliphatic hydroxyl groups is 1. The van der Waals surface area contributed by atoms with Gasteiger partial charge >= 0.3 is 0 Å². The van der Waals surface area contributed by atoms with Crippen LogP contribution < -0.4 is 5.32 Å². The quantitative estimate of drug-likeness (QED) is 0.702. The van der Waals surface area contributed by atoms with Crippen molar-refractivity contribution < 1.29 is 5.11 Å². The standard InChI is InChI=1S/C12H18N2O/c1-3-4-5-10(2)14-12-8-13-7-6-11(12)9-15/h3,6-8,10,14-15H,1,4-5,9H2,2H3. The van der Waals surface area contributed by atoms with E-state index in [9.17, 15) is 0 Å². The highest BCUT2D eigenvalue weighted by Crippen LogP contribution is 2.15. The molecule has 1 aromatic heterocycles. The van der Waals surface area contributed by atoms with Crippen LogP contribution in [0.5, 0.6) is 0 Å². The van der Waals surface area contributed by atoms with E-state index in [2.05, 4.69) is 23.8 Å². The minimum atomic E-state index is 0.0407. The zero-order valence-corrected chi connectivity index (χ0v) is 9.11. The summed E-state index contributed by atoms with van der Waals surface area (Å²) in [5.74, 6) is 0. The first-order valence-corrected chi connectivity index (χ1v) is 5.19. The number of aromatic nitrogens is 1. The van der Waals surface area contributed by atoms with E-state index in [0.717, 1.165) is 24.1 Å². The predicted octanol–water partition coefficient (Wildman–Crippen LogP) is 2.34. The molecule has 2 N–H and O–H groups in total. The average Bonchev–Trinajstić information content (AvgIpc) is 2.27. The topological polar surface area (TPSA) is 45.2 Å². The molecule has 1 unspecified atom stereocenters. The van der Waals surface area contributed by atoms with Gasteiger partial charge in [0.15, 0.2) is 0 Å². The van der Waals surface area contributed by atoms with Crippen LogP contribution in [-0.4, -0.2) is 16.1 Å². The number of rotatable bonds is 6. The van der Waals surface area contributed by atoms with Crippen LogP contribution in [0.4, 0.5) is 5.69 Å². The molecule has 15 heavy (non-hydrogen) atoms. The molecule has 0 aliphatic carbocycles. The number of anilines is 1. The maximum Gasteiger partial charge on any atom is 0.0703 e. The van der Waals surface area contributed by atoms with Gasteiger partial charge < -0.3 is 10.4 Å². The fraction of sp³-hybridized carbons (Fsp3) is 0.417. The zero-order chi connectivity index (χ0) is 11.1. The zero-order valence-electron chi connectivity index (χ0n) is 9.11. The highest BCUT2D eigenvalue weighted by molar-refractivity contribution is 5.49. The van der Waals surface area contributed by atoms with Crippen molar-refractivity contribution in [1.82, 2.24) is 4.98 Å². The van der Waals surface area contributed by atoms with Crippen LogP contribution in [0, 0.1) is 0 Å². The first-order valence-electron chi connectivity index (χ1n) is 5.19. The second kappa shape index (κ2) is 6.19. The monoisotopic (exact) mass is 206 g/mol. The van der Waals surface area contributed by atoms with E-state index in [-0.39, 0.29) is 6.61 Å². The van der Waals surface area contributed by atoms with Gasteiger partial charge in [0.1, 0.15) is 0 Å². The molecular formula is C12H18N2O. The van der Waals surface area contributed by atoms with Gasteiger partial charge in [-0.25, -0.2) is 0 Å². The van der Waals surface area contributed by atoms with Gasteiger partial charge in [-0.2, -0.15) is 0 Å². The lowest BCUT2D eigenvalue weighted by Gasteiger charge is -2.16. The molecule has 0 aromatic carbocycles. The Bertz CT molecular complexity index is 312. The average molecular weight is 206 g/mol. The first-order chi connectivity index (χ1) is 7.27. The number of aliphatic hydroxyl groups excluding tert-OH is 1. The molecule has 0 spiro atoms. The molecule has 0 saturated carbocycles. The SMILES string of the molecule is C=CCCC(C)Nc1cnccc1CO. The summed E-state index contributed by atoms with van der Waals surface area (Å²) >= 11 is 0. The van der Waals surface area contributed by atoms with Gasteiger partial charge in [-0.3, -0.25) is 4.98 Å². The number of allylic oxidation sites excluding steroid dienone is 1. The van der Waals surface area contributed by atoms with Gasteiger partial charge in [0.05, 0.1) is 18.5 Å². The van der Waals surface area contributed by atoms with Gasteiger partial charge in [-0.05, 0) is 25.8 Å². The van der Waals surface area contributed by atoms with E-state index in [1.807, 2.05) is 12.1 Å². The van der Waals surface area contributed by atoms with E-state index >= 15 is 0 Å². The fourth-order valence-corrected chi connectivity index (χ4v) is 1.40. The fourth-order valence-electron chi connectivity index (χ4n) is 1.40. The molecule has 0 aliphatic heterocycles. The van der Waals surface area contributed by atoms with Crippen LogP contribution >= 0.6 is 0 Å². The molecule has 1 aromatic rings. The number of nitrogens with zero attached hydrogens (tertiary/aromatic N) is 1. The molecule has 1 heterocycles. The second-order valence-electron chi connectivity index (χ2n) is 3.60. The maximum absolute atomic E-state index is 9.12. The van der Waals surface area contributed by atoms with E-state index in [4.69, 9.17) is 5.11 Å². The molecule has 0 aliphatic rings. The van der Waals surface area contributed by atoms with Gasteiger partial charge in [0.2, 0.25) is 0 Å². The van der Waals surface area contributed by atoms with Crippen LogP contribution in [0.15, 0.2) is 31.1 Å². The van der Waals surface area contributed by atoms with Crippen LogP contribution in [0.25, 0.3) is 0 Å². The summed E-state index contributed by atoms with van der Waals surface area (Å²) in [5.41, 5.74) is 1.80. The number of hydrogen-bond acceptors (Lipinski definition) is 3. The number of nitrogens with one attached hydrogen (secondary N) is 1. The van der Waals surface area contributed by atoms with Crippen molar-refractivity contribution in [3.63, 3.8) is 0 Å². The normalized spacial score (nSPS) is 12.1. The van der Waals surface area contributed by atoms with E-state index in [1.54, 1.807) is 12.4 Å². The molecule has 1 atom stereocenters. The Balaban J connectivity index is 2.58. The van der Waals surface area contributed by atoms with Crippen molar-refractivity contribution in [2.45, 2.75) is 32.4 Å². The molecule has 1 rings (SSSR count). The first kappa shape index (κ1) is 11.7. The highest BCUT2D eigenvalue weighted by atomic mass is 16.3. The third-order valence-electron chi connectivity index (χ3n) is 2.29. The lowest BCUT2D eigenvalue weighted by molar-refractivity contribution is 0.282. The van der Waals surface area contributed by atoms with Crippen LogP contribution in [0.2, 0.25) is 0 Å². The summed E-state index contributed by atoms with van der Waals surface area (Å²) in [6.07, 6.45) is 7.36. The Labute approximate surface area is 90.9 Å². The van der Waals surface area contributed by atoms with Crippen molar-refractivity contribution in [3.8, 4) is 0 Å². The smallest absolute Gasteiger partial charge is 0.0703 e. The summed E-state index contributed by atoms with van der Waals surface area (Å²) in [4.78, 5) is 4.03. The Hall–Kier alpha value is -1.35. The predicted molar refractivity (Wildman–Crippen MR) is 62.7 cm³/mol. The van der Waals surface area contributed by atoms with E-state index < -0.39 is 0 Å². The van der Waals surface area contributed by atoms with Crippen LogP contribution in [0.3, 0.4) is 0 Å². The third kappa shape index (κ3) is 3.72. The molecule has 0 amide bonds. The minimum absolute atomic E-state index is 0.0407. The lowest BCUT2D eigenvalue weighted by Crippen LogP contribution is -2.16. The largest absolute Gasteiger partial charge is 0.392 e. The second-order valence-corrected chi connectivity index (χ2v) is 3.60. The molecule has 3 nitrogen and oxygen atoms in total. The van der Waals surface area contributed by atoms with Crippen molar-refractivity contribution in [1.29, 1.82) is 0 Å². The molecule has 0 radical (unpaired) electrons. The highest BCUT2D eigenvalue weighted by Gasteiger charge is 2.04. The maximum atomic E-state index is 9.12. The summed E-state index contributed by atoms with van der Waals surface area (Å²) in [5, 5.41) is 12.4. The van der Waals surface area contributed by atoms with E-state index in [1.165, 1.54) is 0 Å². The van der Waals surface area contributed by atoms with Gasteiger partial charge in [0.25, 0.3) is 0 Å². The number of pyridine rings is 1. The summed E-state index contributed by atoms with van der Waals surface area (Å²) in [7, 11) is 0. The Kier molecular flexibility index (Phi) is 4.84. The summed E-state index contributed by atoms with van der Waals surface area (Å²) in [6.45, 7) is 5.84. The summed E-state index contributed by atoms with van der Waals surface area (Å²) < 4.78 is 0. The lowest BCUT2D eigenvalue weighted by atomic mass is 10.1. The third-order valence-corrected chi connectivity index (χ3v) is 2.29. The Morgan fingerprint density at radius 1 is 1.67 bits per heavy atom. The molecule has 3 heteroatoms. The van der Waals surface area contributed by atoms with Crippen molar-refractivity contribution >= 4 is 5.69 Å².